The van der Waals surface area contributed by atoms with Gasteiger partial charge in [-0.05, 0) is 25.7 Å². The van der Waals surface area contributed by atoms with Gasteiger partial charge in [-0.25, -0.2) is 4.79 Å². The fourth-order valence-corrected chi connectivity index (χ4v) is 2.29. The molecule has 1 aliphatic heterocycles. The minimum Gasteiger partial charge on any atom is -0.496 e. The summed E-state index contributed by atoms with van der Waals surface area (Å²) in [5.74, 6) is -0.312. The summed E-state index contributed by atoms with van der Waals surface area (Å²) in [6, 6.07) is 3.07. The normalized spacial score (nSPS) is 17.0. The molecule has 0 bridgehead atoms. The molecule has 0 fully saturated rings. The molecule has 130 valence electrons. The van der Waals surface area contributed by atoms with E-state index in [0.717, 1.165) is 25.7 Å². The Labute approximate surface area is 141 Å². The van der Waals surface area contributed by atoms with Crippen LogP contribution in [0.15, 0.2) is 24.3 Å². The standard InChI is InChI=1S/C18H22O6/c1-13(19)24-16-12-14(21-2)11-15-17(16)18(20)23-10-8-6-4-3-5-7-9-22-15/h3-4,11-12H,5-10H2,1-2H3/b4-3+. The van der Waals surface area contributed by atoms with Gasteiger partial charge in [-0.3, -0.25) is 4.79 Å². The first-order valence-corrected chi connectivity index (χ1v) is 7.97. The Bertz CT molecular complexity index is 620. The van der Waals surface area contributed by atoms with Gasteiger partial charge in [0.05, 0.1) is 20.3 Å². The van der Waals surface area contributed by atoms with E-state index in [1.807, 2.05) is 0 Å². The molecule has 0 radical (unpaired) electrons. The molecule has 1 aliphatic rings. The first-order chi connectivity index (χ1) is 11.6. The number of hydrogen-bond acceptors (Lipinski definition) is 6. The van der Waals surface area contributed by atoms with Crippen molar-refractivity contribution in [2.24, 2.45) is 0 Å². The minimum absolute atomic E-state index is 0.0786. The Morgan fingerprint density at radius 2 is 1.75 bits per heavy atom. The third-order valence-corrected chi connectivity index (χ3v) is 3.42. The van der Waals surface area contributed by atoms with E-state index in [2.05, 4.69) is 12.2 Å². The smallest absolute Gasteiger partial charge is 0.345 e. The van der Waals surface area contributed by atoms with Gasteiger partial charge in [0.15, 0.2) is 5.75 Å². The van der Waals surface area contributed by atoms with E-state index in [4.69, 9.17) is 18.9 Å². The van der Waals surface area contributed by atoms with Gasteiger partial charge in [0, 0.05) is 19.1 Å². The lowest BCUT2D eigenvalue weighted by Crippen LogP contribution is -2.14. The Kier molecular flexibility index (Phi) is 6.66. The van der Waals surface area contributed by atoms with Crippen LogP contribution in [0.25, 0.3) is 0 Å². The summed E-state index contributed by atoms with van der Waals surface area (Å²) in [4.78, 5) is 23.8. The molecule has 6 nitrogen and oxygen atoms in total. The molecule has 24 heavy (non-hydrogen) atoms. The SMILES string of the molecule is COc1cc2c(c(OC(C)=O)c1)C(=O)OCCC/C=C/CCCO2. The molecule has 0 N–H and O–H groups in total. The molecule has 0 spiro atoms. The molecule has 1 aromatic rings. The van der Waals surface area contributed by atoms with E-state index < -0.39 is 11.9 Å². The van der Waals surface area contributed by atoms with Crippen LogP contribution < -0.4 is 14.2 Å². The molecule has 6 heteroatoms. The molecule has 0 saturated carbocycles. The van der Waals surface area contributed by atoms with E-state index in [0.29, 0.717) is 18.1 Å². The summed E-state index contributed by atoms with van der Waals surface area (Å²) in [5, 5.41) is 0. The lowest BCUT2D eigenvalue weighted by atomic mass is 10.1. The molecule has 0 saturated heterocycles. The number of hydrogen-bond donors (Lipinski definition) is 0. The van der Waals surface area contributed by atoms with Crippen molar-refractivity contribution in [1.29, 1.82) is 0 Å². The minimum atomic E-state index is -0.577. The predicted octanol–water partition coefficient (Wildman–Crippen LogP) is 3.29. The van der Waals surface area contributed by atoms with Crippen LogP contribution in [0.3, 0.4) is 0 Å². The van der Waals surface area contributed by atoms with Crippen molar-refractivity contribution < 1.29 is 28.5 Å². The summed E-state index contributed by atoms with van der Waals surface area (Å²) in [6.07, 6.45) is 7.46. The maximum absolute atomic E-state index is 12.5. The van der Waals surface area contributed by atoms with Gasteiger partial charge in [0.2, 0.25) is 0 Å². The second-order valence-corrected chi connectivity index (χ2v) is 5.33. The number of fused-ring (bicyclic) bond motifs is 1. The number of esters is 2. The highest BCUT2D eigenvalue weighted by Crippen LogP contribution is 2.35. The largest absolute Gasteiger partial charge is 0.496 e. The van der Waals surface area contributed by atoms with E-state index in [9.17, 15) is 9.59 Å². The second-order valence-electron chi connectivity index (χ2n) is 5.33. The molecular weight excluding hydrogens is 312 g/mol. The Morgan fingerprint density at radius 1 is 1.08 bits per heavy atom. The van der Waals surface area contributed by atoms with Crippen LogP contribution in [0.5, 0.6) is 17.2 Å². The maximum Gasteiger partial charge on any atom is 0.345 e. The van der Waals surface area contributed by atoms with Crippen LogP contribution in [-0.4, -0.2) is 32.3 Å². The number of benzene rings is 1. The summed E-state index contributed by atoms with van der Waals surface area (Å²) in [7, 11) is 1.49. The number of methoxy groups -OCH3 is 1. The molecule has 0 atom stereocenters. The van der Waals surface area contributed by atoms with E-state index in [-0.39, 0.29) is 17.9 Å². The molecular formula is C18H22O6. The average Bonchev–Trinajstić information content (AvgIpc) is 2.56. The molecule has 0 unspecified atom stereocenters. The van der Waals surface area contributed by atoms with Gasteiger partial charge in [-0.1, -0.05) is 12.2 Å². The number of rotatable bonds is 2. The molecule has 0 aromatic heterocycles. The number of carbonyl (C=O) groups excluding carboxylic acids is 2. The monoisotopic (exact) mass is 334 g/mol. The third-order valence-electron chi connectivity index (χ3n) is 3.42. The van der Waals surface area contributed by atoms with Crippen molar-refractivity contribution in [3.63, 3.8) is 0 Å². The van der Waals surface area contributed by atoms with Gasteiger partial charge in [0.1, 0.15) is 17.1 Å². The zero-order chi connectivity index (χ0) is 17.4. The summed E-state index contributed by atoms with van der Waals surface area (Å²) in [5.41, 5.74) is 0.109. The van der Waals surface area contributed by atoms with Crippen molar-refractivity contribution in [2.75, 3.05) is 20.3 Å². The number of carbonyl (C=O) groups is 2. The van der Waals surface area contributed by atoms with Gasteiger partial charge in [0.25, 0.3) is 0 Å². The quantitative estimate of drug-likeness (QED) is 0.469. The van der Waals surface area contributed by atoms with E-state index in [1.165, 1.54) is 20.1 Å². The highest BCUT2D eigenvalue weighted by atomic mass is 16.6. The Morgan fingerprint density at radius 3 is 2.38 bits per heavy atom. The van der Waals surface area contributed by atoms with Crippen LogP contribution in [0, 0.1) is 0 Å². The molecule has 0 amide bonds. The molecule has 0 aliphatic carbocycles. The van der Waals surface area contributed by atoms with Gasteiger partial charge < -0.3 is 18.9 Å². The van der Waals surface area contributed by atoms with Crippen molar-refractivity contribution >= 4 is 11.9 Å². The second kappa shape index (κ2) is 8.96. The van der Waals surface area contributed by atoms with Gasteiger partial charge >= 0.3 is 11.9 Å². The molecule has 1 aromatic carbocycles. The van der Waals surface area contributed by atoms with E-state index in [1.54, 1.807) is 6.07 Å². The molecule has 1 heterocycles. The van der Waals surface area contributed by atoms with Crippen molar-refractivity contribution in [2.45, 2.75) is 32.6 Å². The van der Waals surface area contributed by atoms with Crippen molar-refractivity contribution in [3.8, 4) is 17.2 Å². The van der Waals surface area contributed by atoms with Crippen LogP contribution in [-0.2, 0) is 9.53 Å². The average molecular weight is 334 g/mol. The van der Waals surface area contributed by atoms with Gasteiger partial charge in [-0.15, -0.1) is 0 Å². The lowest BCUT2D eigenvalue weighted by molar-refractivity contribution is -0.131. The van der Waals surface area contributed by atoms with Crippen molar-refractivity contribution in [3.05, 3.63) is 29.8 Å². The van der Waals surface area contributed by atoms with Crippen LogP contribution >= 0.6 is 0 Å². The fraction of sp³-hybridized carbons (Fsp3) is 0.444. The summed E-state index contributed by atoms with van der Waals surface area (Å²) >= 11 is 0. The Hall–Kier alpha value is -2.50. The highest BCUT2D eigenvalue weighted by molar-refractivity contribution is 5.97. The highest BCUT2D eigenvalue weighted by Gasteiger charge is 2.23. The number of cyclic esters (lactones) is 1. The predicted molar refractivity (Wildman–Crippen MR) is 87.7 cm³/mol. The topological polar surface area (TPSA) is 71.1 Å². The van der Waals surface area contributed by atoms with Crippen molar-refractivity contribution in [1.82, 2.24) is 0 Å². The zero-order valence-electron chi connectivity index (χ0n) is 14.0. The summed E-state index contributed by atoms with van der Waals surface area (Å²) < 4.78 is 21.4. The lowest BCUT2D eigenvalue weighted by Gasteiger charge is -2.16. The Balaban J connectivity index is 2.39. The number of allylic oxidation sites excluding steroid dienone is 2. The van der Waals surface area contributed by atoms with Gasteiger partial charge in [-0.2, -0.15) is 0 Å². The first kappa shape index (κ1) is 17.8. The van der Waals surface area contributed by atoms with E-state index >= 15 is 0 Å². The fourth-order valence-electron chi connectivity index (χ4n) is 2.29. The first-order valence-electron chi connectivity index (χ1n) is 7.97. The number of ether oxygens (including phenoxy) is 4. The molecule has 2 rings (SSSR count). The summed E-state index contributed by atoms with van der Waals surface area (Å²) in [6.45, 7) is 1.98. The maximum atomic E-state index is 12.5. The third kappa shape index (κ3) is 5.01. The zero-order valence-corrected chi connectivity index (χ0v) is 14.0. The van der Waals surface area contributed by atoms with Crippen LogP contribution in [0.2, 0.25) is 0 Å². The van der Waals surface area contributed by atoms with Crippen LogP contribution in [0.4, 0.5) is 0 Å². The van der Waals surface area contributed by atoms with Crippen LogP contribution in [0.1, 0.15) is 43.0 Å².